The molecule has 2 aromatic carbocycles. The van der Waals surface area contributed by atoms with E-state index < -0.39 is 41.2 Å². The molecule has 0 aliphatic carbocycles. The van der Waals surface area contributed by atoms with Gasteiger partial charge in [-0.1, -0.05) is 41.4 Å². The number of nitrogens with zero attached hydrogens (tertiary/aromatic N) is 2. The monoisotopic (exact) mass is 495 g/mol. The van der Waals surface area contributed by atoms with Gasteiger partial charge in [-0.15, -0.1) is 0 Å². The predicted molar refractivity (Wildman–Crippen MR) is 129 cm³/mol. The van der Waals surface area contributed by atoms with Gasteiger partial charge in [-0.3, -0.25) is 24.1 Å². The molecule has 0 spiro atoms. The molecule has 9 heteroatoms. The molecular weight excluding hydrogens is 470 g/mol. The van der Waals surface area contributed by atoms with Crippen LogP contribution < -0.4 is 10.2 Å². The molecular formula is C26H26ClN3O5. The zero-order chi connectivity index (χ0) is 24.9. The van der Waals surface area contributed by atoms with Crippen molar-refractivity contribution in [3.63, 3.8) is 0 Å². The predicted octanol–water partition coefficient (Wildman–Crippen LogP) is 2.63. The first kappa shape index (κ1) is 23.5. The highest BCUT2D eigenvalue weighted by molar-refractivity contribution is 6.30. The van der Waals surface area contributed by atoms with Crippen molar-refractivity contribution in [2.75, 3.05) is 24.6 Å². The smallest absolute Gasteiger partial charge is 0.308 e. The molecule has 5 rings (SSSR count). The molecule has 0 unspecified atom stereocenters. The van der Waals surface area contributed by atoms with E-state index in [0.29, 0.717) is 23.8 Å². The molecule has 1 N–H and O–H groups in total. The molecule has 8 nitrogen and oxygen atoms in total. The number of ether oxygens (including phenoxy) is 1. The van der Waals surface area contributed by atoms with Gasteiger partial charge in [-0.25, -0.2) is 4.90 Å². The maximum absolute atomic E-state index is 14.0. The molecule has 0 bridgehead atoms. The Morgan fingerprint density at radius 2 is 1.77 bits per heavy atom. The number of nitrogens with one attached hydrogen (secondary N) is 1. The number of piperazine rings is 1. The average molecular weight is 496 g/mol. The Labute approximate surface area is 208 Å². The van der Waals surface area contributed by atoms with Crippen LogP contribution in [0.3, 0.4) is 0 Å². The van der Waals surface area contributed by atoms with E-state index in [1.54, 1.807) is 31.2 Å². The van der Waals surface area contributed by atoms with E-state index in [9.17, 15) is 19.2 Å². The van der Waals surface area contributed by atoms with Crippen LogP contribution >= 0.6 is 11.6 Å². The van der Waals surface area contributed by atoms with Crippen LogP contribution in [0.5, 0.6) is 0 Å². The van der Waals surface area contributed by atoms with Gasteiger partial charge in [-0.05, 0) is 43.7 Å². The number of anilines is 1. The molecule has 4 atom stereocenters. The molecule has 35 heavy (non-hydrogen) atoms. The van der Waals surface area contributed by atoms with E-state index in [1.165, 1.54) is 4.90 Å². The van der Waals surface area contributed by atoms with Crippen LogP contribution in [0.25, 0.3) is 0 Å². The maximum Gasteiger partial charge on any atom is 0.308 e. The summed E-state index contributed by atoms with van der Waals surface area (Å²) in [5.41, 5.74) is 0.662. The summed E-state index contributed by atoms with van der Waals surface area (Å²) in [4.78, 5) is 57.3. The third kappa shape index (κ3) is 3.54. The van der Waals surface area contributed by atoms with Crippen molar-refractivity contribution >= 4 is 41.0 Å². The fraction of sp³-hybridized carbons (Fsp3) is 0.385. The zero-order valence-electron chi connectivity index (χ0n) is 19.5. The average Bonchev–Trinajstić information content (AvgIpc) is 3.26. The first-order valence-corrected chi connectivity index (χ1v) is 12.1. The van der Waals surface area contributed by atoms with Crippen LogP contribution in [0.15, 0.2) is 48.5 Å². The number of esters is 1. The van der Waals surface area contributed by atoms with Crippen LogP contribution in [0.2, 0.25) is 5.02 Å². The fourth-order valence-corrected chi connectivity index (χ4v) is 6.03. The van der Waals surface area contributed by atoms with Crippen LogP contribution in [-0.4, -0.2) is 53.8 Å². The highest BCUT2D eigenvalue weighted by Gasteiger charge is 2.73. The minimum absolute atomic E-state index is 0.146. The Morgan fingerprint density at radius 1 is 1.09 bits per heavy atom. The molecule has 3 aliphatic rings. The summed E-state index contributed by atoms with van der Waals surface area (Å²) in [5.74, 6) is -3.76. The number of halogens is 1. The minimum atomic E-state index is -1.54. The first-order valence-electron chi connectivity index (χ1n) is 11.7. The number of rotatable bonds is 5. The number of aryl methyl sites for hydroxylation is 1. The fourth-order valence-electron chi connectivity index (χ4n) is 5.90. The molecule has 3 aliphatic heterocycles. The molecule has 3 amide bonds. The molecule has 3 saturated heterocycles. The van der Waals surface area contributed by atoms with E-state index in [2.05, 4.69) is 5.32 Å². The summed E-state index contributed by atoms with van der Waals surface area (Å²) in [6.07, 6.45) is -0.321. The number of benzene rings is 2. The molecule has 182 valence electrons. The second kappa shape index (κ2) is 8.77. The normalized spacial score (nSPS) is 28.0. The largest absolute Gasteiger partial charge is 0.466 e. The van der Waals surface area contributed by atoms with Gasteiger partial charge in [0, 0.05) is 24.2 Å². The zero-order valence-corrected chi connectivity index (χ0v) is 20.2. The van der Waals surface area contributed by atoms with Crippen molar-refractivity contribution in [3.05, 3.63) is 64.7 Å². The molecule has 3 heterocycles. The topological polar surface area (TPSA) is 96.0 Å². The van der Waals surface area contributed by atoms with Crippen LogP contribution in [-0.2, 0) is 23.9 Å². The van der Waals surface area contributed by atoms with E-state index in [1.807, 2.05) is 36.1 Å². The van der Waals surface area contributed by atoms with Crippen molar-refractivity contribution in [3.8, 4) is 0 Å². The molecule has 3 fully saturated rings. The Morgan fingerprint density at radius 3 is 2.43 bits per heavy atom. The van der Waals surface area contributed by atoms with Crippen molar-refractivity contribution < 1.29 is 23.9 Å². The van der Waals surface area contributed by atoms with Crippen LogP contribution in [0.4, 0.5) is 5.69 Å². The van der Waals surface area contributed by atoms with Gasteiger partial charge in [0.1, 0.15) is 5.54 Å². The summed E-state index contributed by atoms with van der Waals surface area (Å²) in [5, 5.41) is 3.38. The van der Waals surface area contributed by atoms with Gasteiger partial charge in [0.15, 0.2) is 0 Å². The van der Waals surface area contributed by atoms with Gasteiger partial charge in [0.25, 0.3) is 0 Å². The van der Waals surface area contributed by atoms with Crippen molar-refractivity contribution in [1.29, 1.82) is 0 Å². The van der Waals surface area contributed by atoms with Gasteiger partial charge in [0.05, 0.1) is 30.6 Å². The van der Waals surface area contributed by atoms with Crippen LogP contribution in [0, 0.1) is 18.8 Å². The number of amides is 3. The first-order chi connectivity index (χ1) is 16.8. The molecule has 2 aromatic rings. The summed E-state index contributed by atoms with van der Waals surface area (Å²) >= 11 is 6.12. The standard InChI is InChI=1S/C26H26ClN3O5/c1-3-35-19(31)14-26-21-20(23(32)30(24(21)33)18-10-4-15(2)5-11-18)22(16-6-8-17(27)9-7-16)29(26)13-12-28-25(26)34/h4-11,20-22H,3,12-14H2,1-2H3,(H,28,34)/t20-,21+,22+,26-/m0/s1. The summed E-state index contributed by atoms with van der Waals surface area (Å²) in [7, 11) is 0. The lowest BCUT2D eigenvalue weighted by Crippen LogP contribution is -2.67. The SMILES string of the molecule is CCOC(=O)C[C@]12C(=O)NCCN1[C@H](c1ccc(Cl)cc1)[C@H]1C(=O)N(c3ccc(C)cc3)C(=O)[C@@H]12. The van der Waals surface area contributed by atoms with Gasteiger partial charge in [0.2, 0.25) is 17.7 Å². The Hall–Kier alpha value is -3.23. The van der Waals surface area contributed by atoms with Gasteiger partial charge in [-0.2, -0.15) is 0 Å². The lowest BCUT2D eigenvalue weighted by molar-refractivity contribution is -0.156. The summed E-state index contributed by atoms with van der Waals surface area (Å²) < 4.78 is 5.21. The molecule has 0 radical (unpaired) electrons. The lowest BCUT2D eigenvalue weighted by atomic mass is 9.76. The third-order valence-electron chi connectivity index (χ3n) is 7.31. The van der Waals surface area contributed by atoms with E-state index in [4.69, 9.17) is 16.3 Å². The number of carbonyl (C=O) groups excluding carboxylic acids is 4. The molecule has 0 aromatic heterocycles. The number of hydrogen-bond acceptors (Lipinski definition) is 6. The Kier molecular flexibility index (Phi) is 5.89. The van der Waals surface area contributed by atoms with E-state index >= 15 is 0 Å². The van der Waals surface area contributed by atoms with Gasteiger partial charge >= 0.3 is 5.97 Å². The third-order valence-corrected chi connectivity index (χ3v) is 7.56. The highest BCUT2D eigenvalue weighted by Crippen LogP contribution is 2.57. The highest BCUT2D eigenvalue weighted by atomic mass is 35.5. The Bertz CT molecular complexity index is 1200. The van der Waals surface area contributed by atoms with E-state index in [-0.39, 0.29) is 18.9 Å². The maximum atomic E-state index is 14.0. The second-order valence-corrected chi connectivity index (χ2v) is 9.64. The van der Waals surface area contributed by atoms with Crippen LogP contribution in [0.1, 0.15) is 30.5 Å². The van der Waals surface area contributed by atoms with Crippen molar-refractivity contribution in [2.45, 2.75) is 31.8 Å². The van der Waals surface area contributed by atoms with Gasteiger partial charge < -0.3 is 10.1 Å². The number of hydrogen-bond donors (Lipinski definition) is 1. The van der Waals surface area contributed by atoms with Crippen molar-refractivity contribution in [1.82, 2.24) is 10.2 Å². The van der Waals surface area contributed by atoms with Crippen molar-refractivity contribution in [2.24, 2.45) is 11.8 Å². The number of imide groups is 1. The quantitative estimate of drug-likeness (QED) is 0.506. The second-order valence-electron chi connectivity index (χ2n) is 9.20. The summed E-state index contributed by atoms with van der Waals surface area (Å²) in [6.45, 7) is 4.48. The number of carbonyl (C=O) groups is 4. The minimum Gasteiger partial charge on any atom is -0.466 e. The Balaban J connectivity index is 1.69. The number of fused-ring (bicyclic) bond motifs is 3. The summed E-state index contributed by atoms with van der Waals surface area (Å²) in [6, 6.07) is 13.6. The lowest BCUT2D eigenvalue weighted by Gasteiger charge is -2.45. The molecule has 0 saturated carbocycles. The van der Waals surface area contributed by atoms with E-state index in [0.717, 1.165) is 11.1 Å².